The van der Waals surface area contributed by atoms with Crippen LogP contribution in [0.2, 0.25) is 0 Å². The molecule has 0 aromatic heterocycles. The van der Waals surface area contributed by atoms with E-state index in [9.17, 15) is 9.59 Å². The van der Waals surface area contributed by atoms with Crippen LogP contribution in [0.25, 0.3) is 0 Å². The third kappa shape index (κ3) is 1.84. The number of hydrogen-bond donors (Lipinski definition) is 0. The molecule has 0 aromatic carbocycles. The van der Waals surface area contributed by atoms with Gasteiger partial charge in [0.2, 0.25) is 0 Å². The molecule has 12 heavy (non-hydrogen) atoms. The van der Waals surface area contributed by atoms with Gasteiger partial charge in [-0.15, -0.1) is 0 Å². The van der Waals surface area contributed by atoms with Gasteiger partial charge in [0.05, 0.1) is 12.3 Å². The summed E-state index contributed by atoms with van der Waals surface area (Å²) in [6, 6.07) is 0. The molecule has 1 fully saturated rings. The molecule has 0 amide bonds. The predicted octanol–water partition coefficient (Wildman–Crippen LogP) is 1.51. The highest BCUT2D eigenvalue weighted by Crippen LogP contribution is 2.26. The van der Waals surface area contributed by atoms with Crippen molar-refractivity contribution in [3.05, 3.63) is 0 Å². The van der Waals surface area contributed by atoms with Crippen molar-refractivity contribution in [2.45, 2.75) is 33.1 Å². The summed E-state index contributed by atoms with van der Waals surface area (Å²) < 4.78 is 4.46. The Morgan fingerprint density at radius 1 is 1.58 bits per heavy atom. The number of hydrogen-bond acceptors (Lipinski definition) is 3. The molecule has 0 bridgehead atoms. The van der Waals surface area contributed by atoms with E-state index in [1.807, 2.05) is 6.92 Å². The Kier molecular flexibility index (Phi) is 2.84. The fraction of sp³-hybridized carbons (Fsp3) is 0.778. The van der Waals surface area contributed by atoms with Crippen LogP contribution in [0.15, 0.2) is 0 Å². The summed E-state index contributed by atoms with van der Waals surface area (Å²) in [5, 5.41) is 0. The first-order valence-electron chi connectivity index (χ1n) is 4.39. The molecule has 3 heteroatoms. The molecule has 0 N–H and O–H groups in total. The van der Waals surface area contributed by atoms with Gasteiger partial charge in [-0.3, -0.25) is 9.59 Å². The zero-order valence-electron chi connectivity index (χ0n) is 7.50. The number of carbonyl (C=O) groups is 2. The quantitative estimate of drug-likeness (QED) is 0.476. The summed E-state index contributed by atoms with van der Waals surface area (Å²) in [5.74, 6) is -0.611. The lowest BCUT2D eigenvalue weighted by Gasteiger charge is -2.12. The van der Waals surface area contributed by atoms with Crippen molar-refractivity contribution in [2.24, 2.45) is 11.8 Å². The fourth-order valence-electron chi connectivity index (χ4n) is 1.58. The summed E-state index contributed by atoms with van der Waals surface area (Å²) in [6.07, 6.45) is 2.30. The predicted molar refractivity (Wildman–Crippen MR) is 43.3 cm³/mol. The Morgan fingerprint density at radius 3 is 2.67 bits per heavy atom. The van der Waals surface area contributed by atoms with Gasteiger partial charge in [0, 0.05) is 0 Å². The topological polar surface area (TPSA) is 43.4 Å². The van der Waals surface area contributed by atoms with Gasteiger partial charge >= 0.3 is 11.9 Å². The van der Waals surface area contributed by atoms with Crippen molar-refractivity contribution < 1.29 is 14.3 Å². The van der Waals surface area contributed by atoms with Gasteiger partial charge in [-0.25, -0.2) is 0 Å². The lowest BCUT2D eigenvalue weighted by Crippen LogP contribution is -2.16. The average Bonchev–Trinajstić information content (AvgIpc) is 2.30. The number of cyclic esters (lactones) is 2. The van der Waals surface area contributed by atoms with Crippen LogP contribution in [0.5, 0.6) is 0 Å². The monoisotopic (exact) mass is 170 g/mol. The number of ether oxygens (including phenoxy) is 1. The molecule has 3 nitrogen and oxygen atoms in total. The molecule has 2 atom stereocenters. The van der Waals surface area contributed by atoms with Crippen molar-refractivity contribution in [3.63, 3.8) is 0 Å². The molecule has 2 unspecified atom stereocenters. The number of rotatable bonds is 3. The maximum atomic E-state index is 11.1. The molecule has 0 radical (unpaired) electrons. The lowest BCUT2D eigenvalue weighted by atomic mass is 9.89. The van der Waals surface area contributed by atoms with Gasteiger partial charge in [0.1, 0.15) is 0 Å². The molecule has 0 saturated carbocycles. The van der Waals surface area contributed by atoms with Gasteiger partial charge < -0.3 is 4.74 Å². The minimum absolute atomic E-state index is 0.183. The Labute approximate surface area is 72.1 Å². The van der Waals surface area contributed by atoms with Gasteiger partial charge in [-0.1, -0.05) is 26.7 Å². The van der Waals surface area contributed by atoms with Gasteiger partial charge in [-0.2, -0.15) is 0 Å². The smallest absolute Gasteiger partial charge is 0.317 e. The molecular formula is C9H14O3. The highest BCUT2D eigenvalue weighted by atomic mass is 16.6. The van der Waals surface area contributed by atoms with Crippen LogP contribution in [0.3, 0.4) is 0 Å². The summed E-state index contributed by atoms with van der Waals surface area (Å²) in [5.41, 5.74) is 0. The van der Waals surface area contributed by atoms with Crippen molar-refractivity contribution >= 4 is 11.9 Å². The number of carbonyl (C=O) groups excluding carboxylic acids is 2. The van der Waals surface area contributed by atoms with Crippen molar-refractivity contribution in [1.82, 2.24) is 0 Å². The van der Waals surface area contributed by atoms with Crippen molar-refractivity contribution in [3.8, 4) is 0 Å². The second-order valence-corrected chi connectivity index (χ2v) is 3.37. The normalized spacial score (nSPS) is 25.7. The van der Waals surface area contributed by atoms with Gasteiger partial charge in [0.25, 0.3) is 0 Å². The second kappa shape index (κ2) is 3.70. The first kappa shape index (κ1) is 9.23. The Morgan fingerprint density at radius 2 is 2.25 bits per heavy atom. The van der Waals surface area contributed by atoms with Crippen LogP contribution < -0.4 is 0 Å². The van der Waals surface area contributed by atoms with E-state index in [0.29, 0.717) is 0 Å². The Bertz CT molecular complexity index is 198. The Hall–Kier alpha value is -0.860. The van der Waals surface area contributed by atoms with E-state index in [2.05, 4.69) is 11.7 Å². The van der Waals surface area contributed by atoms with E-state index in [1.165, 1.54) is 0 Å². The molecule has 0 spiro atoms. The zero-order valence-corrected chi connectivity index (χ0v) is 7.50. The molecule has 1 rings (SSSR count). The van der Waals surface area contributed by atoms with Gasteiger partial charge in [0.15, 0.2) is 0 Å². The van der Waals surface area contributed by atoms with Crippen molar-refractivity contribution in [1.29, 1.82) is 0 Å². The molecule has 1 aliphatic heterocycles. The molecule has 1 heterocycles. The number of esters is 2. The highest BCUT2D eigenvalue weighted by molar-refractivity contribution is 5.94. The first-order valence-corrected chi connectivity index (χ1v) is 4.39. The minimum atomic E-state index is -0.368. The fourth-order valence-corrected chi connectivity index (χ4v) is 1.58. The first-order chi connectivity index (χ1) is 5.65. The molecule has 0 aliphatic carbocycles. The zero-order chi connectivity index (χ0) is 9.14. The van der Waals surface area contributed by atoms with Crippen LogP contribution in [-0.4, -0.2) is 11.9 Å². The SMILES string of the molecule is CCCC(C)C1CC(=O)OC1=O. The van der Waals surface area contributed by atoms with E-state index >= 15 is 0 Å². The van der Waals surface area contributed by atoms with E-state index in [1.54, 1.807) is 0 Å². The van der Waals surface area contributed by atoms with Crippen LogP contribution >= 0.6 is 0 Å². The van der Waals surface area contributed by atoms with Crippen LogP contribution in [0.1, 0.15) is 33.1 Å². The highest BCUT2D eigenvalue weighted by Gasteiger charge is 2.36. The Balaban J connectivity index is 2.51. The summed E-state index contributed by atoms with van der Waals surface area (Å²) in [7, 11) is 0. The van der Waals surface area contributed by atoms with Crippen LogP contribution in [0.4, 0.5) is 0 Å². The molecule has 1 saturated heterocycles. The van der Waals surface area contributed by atoms with Gasteiger partial charge in [-0.05, 0) is 5.92 Å². The minimum Gasteiger partial charge on any atom is -0.393 e. The maximum absolute atomic E-state index is 11.1. The third-order valence-corrected chi connectivity index (χ3v) is 2.33. The third-order valence-electron chi connectivity index (χ3n) is 2.33. The largest absolute Gasteiger partial charge is 0.393 e. The van der Waals surface area contributed by atoms with E-state index < -0.39 is 0 Å². The molecular weight excluding hydrogens is 156 g/mol. The van der Waals surface area contributed by atoms with Crippen LogP contribution in [0, 0.1) is 11.8 Å². The standard InChI is InChI=1S/C9H14O3/c1-3-4-6(2)7-5-8(10)12-9(7)11/h6-7H,3-5H2,1-2H3. The average molecular weight is 170 g/mol. The maximum Gasteiger partial charge on any atom is 0.317 e. The second-order valence-electron chi connectivity index (χ2n) is 3.37. The summed E-state index contributed by atoms with van der Waals surface area (Å²) in [6.45, 7) is 4.06. The van der Waals surface area contributed by atoms with Crippen LogP contribution in [-0.2, 0) is 14.3 Å². The van der Waals surface area contributed by atoms with E-state index in [-0.39, 0.29) is 30.2 Å². The summed E-state index contributed by atoms with van der Waals surface area (Å²) >= 11 is 0. The van der Waals surface area contributed by atoms with E-state index in [0.717, 1.165) is 12.8 Å². The van der Waals surface area contributed by atoms with E-state index in [4.69, 9.17) is 0 Å². The molecule has 68 valence electrons. The lowest BCUT2D eigenvalue weighted by molar-refractivity contribution is -0.153. The molecule has 1 aliphatic rings. The van der Waals surface area contributed by atoms with Crippen molar-refractivity contribution in [2.75, 3.05) is 0 Å². The summed E-state index contributed by atoms with van der Waals surface area (Å²) in [4.78, 5) is 21.8. The molecule has 0 aromatic rings.